The lowest BCUT2D eigenvalue weighted by atomic mass is 9.82. The highest BCUT2D eigenvalue weighted by Crippen LogP contribution is 2.29. The zero-order chi connectivity index (χ0) is 9.90. The van der Waals surface area contributed by atoms with Gasteiger partial charge in [0.2, 0.25) is 0 Å². The summed E-state index contributed by atoms with van der Waals surface area (Å²) in [4.78, 5) is 2.63. The second-order valence-corrected chi connectivity index (χ2v) is 5.50. The lowest BCUT2D eigenvalue weighted by Gasteiger charge is -2.34. The molecule has 1 aliphatic heterocycles. The predicted octanol–water partition coefficient (Wildman–Crippen LogP) is 3.30. The third-order valence-electron chi connectivity index (χ3n) is 3.35. The first kappa shape index (κ1) is 11.0. The Labute approximate surface area is 83.5 Å². The van der Waals surface area contributed by atoms with Crippen molar-refractivity contribution in [1.82, 2.24) is 4.90 Å². The van der Waals surface area contributed by atoms with E-state index in [0.717, 1.165) is 6.04 Å². The van der Waals surface area contributed by atoms with Crippen molar-refractivity contribution in [2.24, 2.45) is 5.41 Å². The molecule has 0 bridgehead atoms. The van der Waals surface area contributed by atoms with Crippen LogP contribution in [-0.2, 0) is 0 Å². The molecule has 0 radical (unpaired) electrons. The Balaban J connectivity index is 2.45. The van der Waals surface area contributed by atoms with Gasteiger partial charge >= 0.3 is 0 Å². The van der Waals surface area contributed by atoms with Gasteiger partial charge in [0.05, 0.1) is 0 Å². The first-order chi connectivity index (χ1) is 6.01. The second-order valence-electron chi connectivity index (χ2n) is 5.50. The van der Waals surface area contributed by atoms with Crippen LogP contribution in [0.4, 0.5) is 0 Å². The van der Waals surface area contributed by atoms with E-state index in [-0.39, 0.29) is 0 Å². The van der Waals surface area contributed by atoms with E-state index in [1.807, 2.05) is 0 Å². The number of hydrogen-bond acceptors (Lipinski definition) is 1. The zero-order valence-electron chi connectivity index (χ0n) is 9.77. The molecule has 0 spiro atoms. The van der Waals surface area contributed by atoms with E-state index in [9.17, 15) is 0 Å². The molecule has 0 aromatic carbocycles. The van der Waals surface area contributed by atoms with Crippen molar-refractivity contribution in [3.63, 3.8) is 0 Å². The summed E-state index contributed by atoms with van der Waals surface area (Å²) in [5.74, 6) is 0. The predicted molar refractivity (Wildman–Crippen MR) is 59.0 cm³/mol. The van der Waals surface area contributed by atoms with E-state index >= 15 is 0 Å². The third kappa shape index (κ3) is 3.68. The molecule has 78 valence electrons. The van der Waals surface area contributed by atoms with Gasteiger partial charge in [-0.1, -0.05) is 20.3 Å². The van der Waals surface area contributed by atoms with Crippen molar-refractivity contribution in [2.75, 3.05) is 13.1 Å². The molecule has 0 aromatic heterocycles. The molecule has 1 fully saturated rings. The van der Waals surface area contributed by atoms with E-state index in [4.69, 9.17) is 0 Å². The summed E-state index contributed by atoms with van der Waals surface area (Å²) in [6.07, 6.45) is 5.59. The van der Waals surface area contributed by atoms with Crippen molar-refractivity contribution in [2.45, 2.75) is 59.4 Å². The fraction of sp³-hybridized carbons (Fsp3) is 1.00. The molecule has 0 unspecified atom stereocenters. The lowest BCUT2D eigenvalue weighted by Crippen LogP contribution is -2.36. The molecule has 1 saturated heterocycles. The van der Waals surface area contributed by atoms with Gasteiger partial charge in [-0.3, -0.25) is 0 Å². The monoisotopic (exact) mass is 183 g/mol. The summed E-state index contributed by atoms with van der Waals surface area (Å²) in [7, 11) is 0. The van der Waals surface area contributed by atoms with Crippen LogP contribution in [0.25, 0.3) is 0 Å². The van der Waals surface area contributed by atoms with Crippen molar-refractivity contribution in [3.8, 4) is 0 Å². The highest BCUT2D eigenvalue weighted by atomic mass is 15.1. The minimum atomic E-state index is 0.577. The van der Waals surface area contributed by atoms with Crippen LogP contribution in [0.3, 0.4) is 0 Å². The Morgan fingerprint density at radius 3 is 2.31 bits per heavy atom. The summed E-state index contributed by atoms with van der Waals surface area (Å²) in [5.41, 5.74) is 0.577. The van der Waals surface area contributed by atoms with Gasteiger partial charge in [0.25, 0.3) is 0 Å². The van der Waals surface area contributed by atoms with E-state index < -0.39 is 0 Å². The second kappa shape index (κ2) is 4.45. The van der Waals surface area contributed by atoms with Crippen LogP contribution in [0.15, 0.2) is 0 Å². The molecule has 13 heavy (non-hydrogen) atoms. The molecule has 0 atom stereocenters. The average Bonchev–Trinajstić information content (AvgIpc) is 1.98. The quantitative estimate of drug-likeness (QED) is 0.603. The standard InChI is InChI=1S/C12H25N/c1-11(2)13-9-6-5-7-12(3,4)8-10-13/h11H,5-10H2,1-4H3. The molecule has 0 N–H and O–H groups in total. The summed E-state index contributed by atoms with van der Waals surface area (Å²) in [5, 5.41) is 0. The molecule has 0 amide bonds. The van der Waals surface area contributed by atoms with Gasteiger partial charge in [-0.25, -0.2) is 0 Å². The van der Waals surface area contributed by atoms with Crippen molar-refractivity contribution in [3.05, 3.63) is 0 Å². The van der Waals surface area contributed by atoms with E-state index in [2.05, 4.69) is 32.6 Å². The molecule has 0 aromatic rings. The Hall–Kier alpha value is -0.0400. The highest BCUT2D eigenvalue weighted by molar-refractivity contribution is 4.75. The smallest absolute Gasteiger partial charge is 0.00385 e. The Bertz CT molecular complexity index is 149. The summed E-state index contributed by atoms with van der Waals surface area (Å²) >= 11 is 0. The van der Waals surface area contributed by atoms with Crippen molar-refractivity contribution in [1.29, 1.82) is 0 Å². The molecule has 1 rings (SSSR count). The minimum Gasteiger partial charge on any atom is -0.301 e. The number of rotatable bonds is 1. The normalized spacial score (nSPS) is 25.6. The van der Waals surface area contributed by atoms with Crippen LogP contribution in [0.1, 0.15) is 53.4 Å². The van der Waals surface area contributed by atoms with Crippen LogP contribution >= 0.6 is 0 Å². The van der Waals surface area contributed by atoms with Crippen molar-refractivity contribution >= 4 is 0 Å². The largest absolute Gasteiger partial charge is 0.301 e. The first-order valence-corrected chi connectivity index (χ1v) is 5.75. The van der Waals surface area contributed by atoms with Crippen LogP contribution in [0.2, 0.25) is 0 Å². The maximum absolute atomic E-state index is 2.63. The topological polar surface area (TPSA) is 3.24 Å². The molecule has 1 heterocycles. The molecular weight excluding hydrogens is 158 g/mol. The molecule has 1 heteroatoms. The number of nitrogens with zero attached hydrogens (tertiary/aromatic N) is 1. The van der Waals surface area contributed by atoms with Crippen LogP contribution in [0, 0.1) is 5.41 Å². The van der Waals surface area contributed by atoms with E-state index in [1.165, 1.54) is 38.8 Å². The SMILES string of the molecule is CC(C)N1CCCCC(C)(C)CC1. The zero-order valence-corrected chi connectivity index (χ0v) is 9.77. The van der Waals surface area contributed by atoms with Gasteiger partial charge < -0.3 is 4.90 Å². The molecule has 0 saturated carbocycles. The Morgan fingerprint density at radius 2 is 1.69 bits per heavy atom. The van der Waals surface area contributed by atoms with Gasteiger partial charge in [-0.05, 0) is 51.6 Å². The fourth-order valence-corrected chi connectivity index (χ4v) is 2.12. The summed E-state index contributed by atoms with van der Waals surface area (Å²) < 4.78 is 0. The van der Waals surface area contributed by atoms with E-state index in [1.54, 1.807) is 0 Å². The van der Waals surface area contributed by atoms with Gasteiger partial charge in [0.15, 0.2) is 0 Å². The van der Waals surface area contributed by atoms with E-state index in [0.29, 0.717) is 5.41 Å². The number of hydrogen-bond donors (Lipinski definition) is 0. The van der Waals surface area contributed by atoms with Gasteiger partial charge in [0.1, 0.15) is 0 Å². The van der Waals surface area contributed by atoms with Gasteiger partial charge in [-0.2, -0.15) is 0 Å². The van der Waals surface area contributed by atoms with Gasteiger partial charge in [0, 0.05) is 6.04 Å². The van der Waals surface area contributed by atoms with Crippen LogP contribution in [0.5, 0.6) is 0 Å². The summed E-state index contributed by atoms with van der Waals surface area (Å²) in [6.45, 7) is 12.1. The maximum atomic E-state index is 2.63. The van der Waals surface area contributed by atoms with Gasteiger partial charge in [-0.15, -0.1) is 0 Å². The molecule has 1 aliphatic rings. The Morgan fingerprint density at radius 1 is 1.00 bits per heavy atom. The Kier molecular flexibility index (Phi) is 3.78. The molecule has 1 nitrogen and oxygen atoms in total. The first-order valence-electron chi connectivity index (χ1n) is 5.75. The maximum Gasteiger partial charge on any atom is 0.00385 e. The molecular formula is C12H25N. The lowest BCUT2D eigenvalue weighted by molar-refractivity contribution is 0.150. The van der Waals surface area contributed by atoms with Crippen molar-refractivity contribution < 1.29 is 0 Å². The highest BCUT2D eigenvalue weighted by Gasteiger charge is 2.22. The molecule has 0 aliphatic carbocycles. The van der Waals surface area contributed by atoms with Crippen LogP contribution < -0.4 is 0 Å². The minimum absolute atomic E-state index is 0.577. The number of likely N-dealkylation sites (tertiary alicyclic amines) is 1. The fourth-order valence-electron chi connectivity index (χ4n) is 2.12. The van der Waals surface area contributed by atoms with Crippen LogP contribution in [-0.4, -0.2) is 24.0 Å². The average molecular weight is 183 g/mol. The summed E-state index contributed by atoms with van der Waals surface area (Å²) in [6, 6.07) is 0.730. The third-order valence-corrected chi connectivity index (χ3v) is 3.35.